The number of hydrogen-bond donors (Lipinski definition) is 1. The van der Waals surface area contributed by atoms with Crippen LogP contribution < -0.4 is 0 Å². The standard InChI is InChI=1S/C14H14S/c1-11-9-13(7-8-14(11)10-15)12-5-3-2-4-6-12/h2-9,15H,10H2,1H3. The first-order valence-electron chi connectivity index (χ1n) is 5.07. The summed E-state index contributed by atoms with van der Waals surface area (Å²) in [5, 5.41) is 0. The van der Waals surface area contributed by atoms with Crippen LogP contribution in [0.1, 0.15) is 11.1 Å². The van der Waals surface area contributed by atoms with Crippen molar-refractivity contribution in [2.24, 2.45) is 0 Å². The second-order valence-electron chi connectivity index (χ2n) is 3.67. The lowest BCUT2D eigenvalue weighted by molar-refractivity contribution is 1.31. The fraction of sp³-hybridized carbons (Fsp3) is 0.143. The molecule has 0 saturated carbocycles. The third-order valence-corrected chi connectivity index (χ3v) is 2.96. The van der Waals surface area contributed by atoms with Gasteiger partial charge in [-0.25, -0.2) is 0 Å². The lowest BCUT2D eigenvalue weighted by Gasteiger charge is -2.06. The van der Waals surface area contributed by atoms with Crippen LogP contribution in [0.2, 0.25) is 0 Å². The fourth-order valence-electron chi connectivity index (χ4n) is 1.68. The second-order valence-corrected chi connectivity index (χ2v) is 3.98. The van der Waals surface area contributed by atoms with Crippen molar-refractivity contribution >= 4 is 12.6 Å². The van der Waals surface area contributed by atoms with E-state index in [1.807, 2.05) is 6.07 Å². The average Bonchev–Trinajstić information content (AvgIpc) is 2.30. The Kier molecular flexibility index (Phi) is 3.12. The van der Waals surface area contributed by atoms with Crippen molar-refractivity contribution < 1.29 is 0 Å². The SMILES string of the molecule is Cc1cc(-c2ccccc2)ccc1CS. The molecule has 0 aliphatic heterocycles. The lowest BCUT2D eigenvalue weighted by Crippen LogP contribution is -1.86. The number of thiol groups is 1. The van der Waals surface area contributed by atoms with E-state index in [2.05, 4.69) is 62.0 Å². The summed E-state index contributed by atoms with van der Waals surface area (Å²) in [5.41, 5.74) is 5.16. The highest BCUT2D eigenvalue weighted by atomic mass is 32.1. The number of hydrogen-bond acceptors (Lipinski definition) is 1. The minimum Gasteiger partial charge on any atom is -0.175 e. The minimum atomic E-state index is 0.806. The molecule has 0 aliphatic carbocycles. The molecule has 0 atom stereocenters. The maximum atomic E-state index is 4.30. The van der Waals surface area contributed by atoms with E-state index >= 15 is 0 Å². The van der Waals surface area contributed by atoms with Crippen LogP contribution in [0.5, 0.6) is 0 Å². The highest BCUT2D eigenvalue weighted by Gasteiger charge is 2.00. The van der Waals surface area contributed by atoms with Crippen molar-refractivity contribution in [3.05, 3.63) is 59.7 Å². The predicted octanol–water partition coefficient (Wildman–Crippen LogP) is 4.09. The summed E-state index contributed by atoms with van der Waals surface area (Å²) in [7, 11) is 0. The third kappa shape index (κ3) is 2.24. The Morgan fingerprint density at radius 1 is 0.933 bits per heavy atom. The van der Waals surface area contributed by atoms with Crippen LogP contribution >= 0.6 is 12.6 Å². The topological polar surface area (TPSA) is 0 Å². The van der Waals surface area contributed by atoms with Crippen LogP contribution in [0.3, 0.4) is 0 Å². The molecule has 0 amide bonds. The molecule has 0 spiro atoms. The van der Waals surface area contributed by atoms with E-state index in [1.165, 1.54) is 22.3 Å². The van der Waals surface area contributed by atoms with Gasteiger partial charge in [-0.1, -0.05) is 48.5 Å². The van der Waals surface area contributed by atoms with Gasteiger partial charge in [0, 0.05) is 5.75 Å². The number of aryl methyl sites for hydroxylation is 1. The van der Waals surface area contributed by atoms with Gasteiger partial charge in [-0.05, 0) is 29.2 Å². The minimum absolute atomic E-state index is 0.806. The first-order chi connectivity index (χ1) is 7.31. The monoisotopic (exact) mass is 214 g/mol. The Morgan fingerprint density at radius 3 is 2.27 bits per heavy atom. The van der Waals surface area contributed by atoms with E-state index in [0.717, 1.165) is 5.75 Å². The maximum absolute atomic E-state index is 4.30. The zero-order valence-electron chi connectivity index (χ0n) is 8.77. The fourth-order valence-corrected chi connectivity index (χ4v) is 2.04. The smallest absolute Gasteiger partial charge is 0.0156 e. The highest BCUT2D eigenvalue weighted by molar-refractivity contribution is 7.79. The molecule has 2 aromatic rings. The molecule has 15 heavy (non-hydrogen) atoms. The van der Waals surface area contributed by atoms with Crippen molar-refractivity contribution in [3.8, 4) is 11.1 Å². The van der Waals surface area contributed by atoms with E-state index in [9.17, 15) is 0 Å². The maximum Gasteiger partial charge on any atom is 0.0156 e. The van der Waals surface area contributed by atoms with Gasteiger partial charge in [0.15, 0.2) is 0 Å². The summed E-state index contributed by atoms with van der Waals surface area (Å²) in [5.74, 6) is 0.806. The Bertz CT molecular complexity index is 446. The van der Waals surface area contributed by atoms with Crippen molar-refractivity contribution in [2.45, 2.75) is 12.7 Å². The van der Waals surface area contributed by atoms with Crippen LogP contribution in [-0.2, 0) is 5.75 Å². The summed E-state index contributed by atoms with van der Waals surface area (Å²) in [6.45, 7) is 2.14. The molecule has 2 aromatic carbocycles. The largest absolute Gasteiger partial charge is 0.175 e. The molecule has 0 radical (unpaired) electrons. The van der Waals surface area contributed by atoms with E-state index in [0.29, 0.717) is 0 Å². The summed E-state index contributed by atoms with van der Waals surface area (Å²) >= 11 is 4.30. The van der Waals surface area contributed by atoms with Gasteiger partial charge in [-0.15, -0.1) is 0 Å². The van der Waals surface area contributed by atoms with Gasteiger partial charge >= 0.3 is 0 Å². The van der Waals surface area contributed by atoms with Gasteiger partial charge < -0.3 is 0 Å². The molecule has 0 heterocycles. The molecule has 0 bridgehead atoms. The molecular formula is C14H14S. The Morgan fingerprint density at radius 2 is 1.67 bits per heavy atom. The molecule has 0 nitrogen and oxygen atoms in total. The van der Waals surface area contributed by atoms with Gasteiger partial charge in [0.2, 0.25) is 0 Å². The first kappa shape index (κ1) is 10.3. The van der Waals surface area contributed by atoms with E-state index in [1.54, 1.807) is 0 Å². The van der Waals surface area contributed by atoms with Gasteiger partial charge in [-0.2, -0.15) is 12.6 Å². The van der Waals surface area contributed by atoms with Crippen molar-refractivity contribution in [3.63, 3.8) is 0 Å². The summed E-state index contributed by atoms with van der Waals surface area (Å²) in [4.78, 5) is 0. The molecule has 0 fully saturated rings. The quantitative estimate of drug-likeness (QED) is 0.715. The third-order valence-electron chi connectivity index (χ3n) is 2.62. The van der Waals surface area contributed by atoms with Crippen molar-refractivity contribution in [2.75, 3.05) is 0 Å². The van der Waals surface area contributed by atoms with E-state index < -0.39 is 0 Å². The van der Waals surface area contributed by atoms with Crippen molar-refractivity contribution in [1.82, 2.24) is 0 Å². The van der Waals surface area contributed by atoms with E-state index in [4.69, 9.17) is 0 Å². The molecule has 2 rings (SSSR count). The number of benzene rings is 2. The Balaban J connectivity index is 2.43. The van der Waals surface area contributed by atoms with E-state index in [-0.39, 0.29) is 0 Å². The van der Waals surface area contributed by atoms with Gasteiger partial charge in [0.1, 0.15) is 0 Å². The van der Waals surface area contributed by atoms with Crippen LogP contribution in [0.25, 0.3) is 11.1 Å². The van der Waals surface area contributed by atoms with Crippen LogP contribution in [0.4, 0.5) is 0 Å². The molecule has 0 saturated heterocycles. The lowest BCUT2D eigenvalue weighted by atomic mass is 10.0. The van der Waals surface area contributed by atoms with Crippen LogP contribution in [0, 0.1) is 6.92 Å². The summed E-state index contributed by atoms with van der Waals surface area (Å²) in [6, 6.07) is 17.0. The highest BCUT2D eigenvalue weighted by Crippen LogP contribution is 2.22. The Labute approximate surface area is 96.4 Å². The van der Waals surface area contributed by atoms with Crippen molar-refractivity contribution in [1.29, 1.82) is 0 Å². The number of rotatable bonds is 2. The second kappa shape index (κ2) is 4.54. The van der Waals surface area contributed by atoms with Gasteiger partial charge in [0.25, 0.3) is 0 Å². The van der Waals surface area contributed by atoms with Crippen LogP contribution in [0.15, 0.2) is 48.5 Å². The molecule has 0 aromatic heterocycles. The molecular weight excluding hydrogens is 200 g/mol. The molecule has 76 valence electrons. The molecule has 0 N–H and O–H groups in total. The van der Waals surface area contributed by atoms with Gasteiger partial charge in [0.05, 0.1) is 0 Å². The molecule has 0 aliphatic rings. The zero-order chi connectivity index (χ0) is 10.7. The summed E-state index contributed by atoms with van der Waals surface area (Å²) in [6.07, 6.45) is 0. The first-order valence-corrected chi connectivity index (χ1v) is 5.70. The Hall–Kier alpha value is -1.21. The van der Waals surface area contributed by atoms with Crippen LogP contribution in [-0.4, -0.2) is 0 Å². The normalized spacial score (nSPS) is 10.3. The molecule has 0 unspecified atom stereocenters. The van der Waals surface area contributed by atoms with Gasteiger partial charge in [-0.3, -0.25) is 0 Å². The summed E-state index contributed by atoms with van der Waals surface area (Å²) < 4.78 is 0. The zero-order valence-corrected chi connectivity index (χ0v) is 9.67. The average molecular weight is 214 g/mol. The predicted molar refractivity (Wildman–Crippen MR) is 69.3 cm³/mol. The molecule has 1 heteroatoms.